The Kier molecular flexibility index (Phi) is 5.49. The predicted molar refractivity (Wildman–Crippen MR) is 101 cm³/mol. The van der Waals surface area contributed by atoms with Crippen molar-refractivity contribution in [3.8, 4) is 5.75 Å². The molecule has 0 aliphatic heterocycles. The van der Waals surface area contributed by atoms with Crippen molar-refractivity contribution in [2.24, 2.45) is 0 Å². The molecule has 0 aromatic heterocycles. The molecular formula is C21H20N2O3. The number of fused-ring (bicyclic) bond motifs is 1. The van der Waals surface area contributed by atoms with Gasteiger partial charge in [0.2, 0.25) is 5.91 Å². The highest BCUT2D eigenvalue weighted by Crippen LogP contribution is 2.18. The molecule has 26 heavy (non-hydrogen) atoms. The lowest BCUT2D eigenvalue weighted by Gasteiger charge is -2.10. The van der Waals surface area contributed by atoms with Gasteiger partial charge in [-0.15, -0.1) is 0 Å². The third kappa shape index (κ3) is 4.19. The van der Waals surface area contributed by atoms with Crippen LogP contribution in [0.2, 0.25) is 0 Å². The quantitative estimate of drug-likeness (QED) is 0.696. The minimum absolute atomic E-state index is 0.185. The monoisotopic (exact) mass is 348 g/mol. The normalized spacial score (nSPS) is 10.3. The van der Waals surface area contributed by atoms with Crippen molar-refractivity contribution in [2.75, 3.05) is 6.61 Å². The van der Waals surface area contributed by atoms with Gasteiger partial charge in [0, 0.05) is 5.56 Å². The molecule has 0 aliphatic carbocycles. The van der Waals surface area contributed by atoms with Crippen molar-refractivity contribution in [1.82, 2.24) is 10.9 Å². The maximum absolute atomic E-state index is 12.2. The van der Waals surface area contributed by atoms with Crippen molar-refractivity contribution < 1.29 is 14.3 Å². The van der Waals surface area contributed by atoms with Crippen LogP contribution in [0, 0.1) is 0 Å². The molecule has 132 valence electrons. The number of amides is 2. The van der Waals surface area contributed by atoms with Crippen LogP contribution in [-0.4, -0.2) is 18.4 Å². The Morgan fingerprint density at radius 1 is 0.885 bits per heavy atom. The van der Waals surface area contributed by atoms with Crippen LogP contribution < -0.4 is 15.6 Å². The largest absolute Gasteiger partial charge is 0.494 e. The van der Waals surface area contributed by atoms with E-state index in [4.69, 9.17) is 4.74 Å². The number of ether oxygens (including phenoxy) is 1. The summed E-state index contributed by atoms with van der Waals surface area (Å²) in [4.78, 5) is 24.3. The number of carbonyl (C=O) groups is 2. The molecule has 3 rings (SSSR count). The van der Waals surface area contributed by atoms with E-state index in [2.05, 4.69) is 10.9 Å². The van der Waals surface area contributed by atoms with Gasteiger partial charge < -0.3 is 4.74 Å². The maximum Gasteiger partial charge on any atom is 0.269 e. The Hall–Kier alpha value is -3.34. The molecule has 5 nitrogen and oxygen atoms in total. The Labute approximate surface area is 152 Å². The van der Waals surface area contributed by atoms with Crippen LogP contribution in [-0.2, 0) is 11.2 Å². The average molecular weight is 348 g/mol. The van der Waals surface area contributed by atoms with Crippen LogP contribution >= 0.6 is 0 Å². The van der Waals surface area contributed by atoms with E-state index in [1.165, 1.54) is 0 Å². The van der Waals surface area contributed by atoms with E-state index < -0.39 is 0 Å². The number of nitrogens with one attached hydrogen (secondary N) is 2. The summed E-state index contributed by atoms with van der Waals surface area (Å²) in [5, 5.41) is 2.11. The average Bonchev–Trinajstić information content (AvgIpc) is 2.67. The van der Waals surface area contributed by atoms with Crippen molar-refractivity contribution in [3.63, 3.8) is 0 Å². The number of benzene rings is 3. The number of carbonyl (C=O) groups excluding carboxylic acids is 2. The molecule has 0 aliphatic rings. The molecule has 3 aromatic rings. The zero-order chi connectivity index (χ0) is 18.4. The van der Waals surface area contributed by atoms with Crippen molar-refractivity contribution >= 4 is 22.6 Å². The Balaban J connectivity index is 1.59. The second kappa shape index (κ2) is 8.16. The first kappa shape index (κ1) is 17.5. The third-order valence-corrected chi connectivity index (χ3v) is 3.97. The highest BCUT2D eigenvalue weighted by atomic mass is 16.5. The Bertz CT molecular complexity index is 915. The van der Waals surface area contributed by atoms with Gasteiger partial charge >= 0.3 is 0 Å². The van der Waals surface area contributed by atoms with E-state index in [0.29, 0.717) is 17.9 Å². The van der Waals surface area contributed by atoms with Gasteiger partial charge in [-0.1, -0.05) is 42.5 Å². The molecule has 3 aromatic carbocycles. The van der Waals surface area contributed by atoms with E-state index >= 15 is 0 Å². The molecule has 0 unspecified atom stereocenters. The lowest BCUT2D eigenvalue weighted by atomic mass is 10.0. The summed E-state index contributed by atoms with van der Waals surface area (Å²) in [6, 6.07) is 20.5. The molecule has 0 spiro atoms. The minimum atomic E-state index is -0.376. The van der Waals surface area contributed by atoms with Gasteiger partial charge in [-0.05, 0) is 47.5 Å². The first-order valence-electron chi connectivity index (χ1n) is 8.46. The number of hydrazine groups is 1. The fraction of sp³-hybridized carbons (Fsp3) is 0.143. The Morgan fingerprint density at radius 3 is 2.38 bits per heavy atom. The number of hydrogen-bond acceptors (Lipinski definition) is 3. The minimum Gasteiger partial charge on any atom is -0.494 e. The zero-order valence-electron chi connectivity index (χ0n) is 14.5. The SMILES string of the molecule is CCOc1ccc(C(=O)NNC(=O)Cc2cccc3ccccc23)cc1. The molecule has 2 N–H and O–H groups in total. The summed E-state index contributed by atoms with van der Waals surface area (Å²) < 4.78 is 5.34. The lowest BCUT2D eigenvalue weighted by Crippen LogP contribution is -2.42. The number of rotatable bonds is 5. The predicted octanol–water partition coefficient (Wildman–Crippen LogP) is 3.24. The van der Waals surface area contributed by atoms with Gasteiger partial charge in [-0.3, -0.25) is 20.4 Å². The first-order chi connectivity index (χ1) is 12.7. The molecule has 5 heteroatoms. The summed E-state index contributed by atoms with van der Waals surface area (Å²) in [5.41, 5.74) is 6.26. The zero-order valence-corrected chi connectivity index (χ0v) is 14.5. The van der Waals surface area contributed by atoms with E-state index in [-0.39, 0.29) is 18.2 Å². The first-order valence-corrected chi connectivity index (χ1v) is 8.46. The van der Waals surface area contributed by atoms with E-state index in [1.807, 2.05) is 49.4 Å². The second-order valence-electron chi connectivity index (χ2n) is 5.77. The molecule has 0 radical (unpaired) electrons. The molecule has 0 heterocycles. The number of hydrogen-bond donors (Lipinski definition) is 2. The topological polar surface area (TPSA) is 67.4 Å². The van der Waals surface area contributed by atoms with E-state index in [0.717, 1.165) is 16.3 Å². The molecule has 0 saturated carbocycles. The van der Waals surface area contributed by atoms with E-state index in [9.17, 15) is 9.59 Å². The van der Waals surface area contributed by atoms with Crippen LogP contribution in [0.3, 0.4) is 0 Å². The molecule has 0 atom stereocenters. The Morgan fingerprint density at radius 2 is 1.62 bits per heavy atom. The standard InChI is InChI=1S/C21H20N2O3/c1-2-26-18-12-10-16(11-13-18)21(25)23-22-20(24)14-17-8-5-7-15-6-3-4-9-19(15)17/h3-13H,2,14H2,1H3,(H,22,24)(H,23,25). The molecule has 0 fully saturated rings. The molecule has 2 amide bonds. The summed E-state index contributed by atoms with van der Waals surface area (Å²) in [6.07, 6.45) is 0.185. The van der Waals surface area contributed by atoms with Crippen LogP contribution in [0.4, 0.5) is 0 Å². The summed E-state index contributed by atoms with van der Waals surface area (Å²) in [7, 11) is 0. The second-order valence-corrected chi connectivity index (χ2v) is 5.77. The van der Waals surface area contributed by atoms with Gasteiger partial charge in [0.15, 0.2) is 0 Å². The highest BCUT2D eigenvalue weighted by Gasteiger charge is 2.10. The van der Waals surface area contributed by atoms with Gasteiger partial charge in [0.1, 0.15) is 5.75 Å². The van der Waals surface area contributed by atoms with Crippen LogP contribution in [0.5, 0.6) is 5.75 Å². The van der Waals surface area contributed by atoms with Crippen molar-refractivity contribution in [3.05, 3.63) is 77.9 Å². The van der Waals surface area contributed by atoms with Crippen LogP contribution in [0.1, 0.15) is 22.8 Å². The summed E-state index contributed by atoms with van der Waals surface area (Å²) >= 11 is 0. The molecule has 0 bridgehead atoms. The fourth-order valence-electron chi connectivity index (χ4n) is 2.73. The molecular weight excluding hydrogens is 328 g/mol. The fourth-order valence-corrected chi connectivity index (χ4v) is 2.73. The van der Waals surface area contributed by atoms with Gasteiger partial charge in [0.25, 0.3) is 5.91 Å². The molecule has 0 saturated heterocycles. The van der Waals surface area contributed by atoms with Crippen LogP contribution in [0.25, 0.3) is 10.8 Å². The van der Waals surface area contributed by atoms with Gasteiger partial charge in [0.05, 0.1) is 13.0 Å². The van der Waals surface area contributed by atoms with Gasteiger partial charge in [-0.2, -0.15) is 0 Å². The lowest BCUT2D eigenvalue weighted by molar-refractivity contribution is -0.121. The van der Waals surface area contributed by atoms with Crippen LogP contribution in [0.15, 0.2) is 66.7 Å². The maximum atomic E-state index is 12.2. The van der Waals surface area contributed by atoms with Crippen molar-refractivity contribution in [1.29, 1.82) is 0 Å². The summed E-state index contributed by atoms with van der Waals surface area (Å²) in [6.45, 7) is 2.46. The van der Waals surface area contributed by atoms with E-state index in [1.54, 1.807) is 24.3 Å². The summed E-state index contributed by atoms with van der Waals surface area (Å²) in [5.74, 6) is 0.0454. The third-order valence-electron chi connectivity index (χ3n) is 3.97. The highest BCUT2D eigenvalue weighted by molar-refractivity contribution is 5.96. The van der Waals surface area contributed by atoms with Crippen molar-refractivity contribution in [2.45, 2.75) is 13.3 Å². The smallest absolute Gasteiger partial charge is 0.269 e. The van der Waals surface area contributed by atoms with Gasteiger partial charge in [-0.25, -0.2) is 0 Å².